The average Bonchev–Trinajstić information content (AvgIpc) is 1.64. The van der Waals surface area contributed by atoms with E-state index in [0.29, 0.717) is 0 Å². The highest BCUT2D eigenvalue weighted by atomic mass is 28.3. The van der Waals surface area contributed by atoms with Gasteiger partial charge in [-0.3, -0.25) is 0 Å². The van der Waals surface area contributed by atoms with Crippen LogP contribution in [-0.4, -0.2) is 37.9 Å². The SMILES string of the molecule is CC([SiH3])[SiH](C)N(C)C. The normalized spacial score (nSPS) is 19.1. The molecular formula is C5H17NSi2. The van der Waals surface area contributed by atoms with Crippen LogP contribution in [0, 0.1) is 0 Å². The standard InChI is InChI=1S/C5H17NSi2/c1-5(7)8(4)6(2)3/h5,8H,1-4,7H3. The minimum Gasteiger partial charge on any atom is -0.332 e. The third-order valence-corrected chi connectivity index (χ3v) is 8.23. The smallest absolute Gasteiger partial charge is 0.107 e. The van der Waals surface area contributed by atoms with Gasteiger partial charge in [0.05, 0.1) is 0 Å². The third-order valence-electron chi connectivity index (χ3n) is 1.78. The molecule has 0 rings (SSSR count). The summed E-state index contributed by atoms with van der Waals surface area (Å²) in [6.07, 6.45) is 0. The highest BCUT2D eigenvalue weighted by Gasteiger charge is 2.09. The molecule has 2 atom stereocenters. The van der Waals surface area contributed by atoms with Crippen molar-refractivity contribution >= 4 is 19.2 Å². The van der Waals surface area contributed by atoms with E-state index in [9.17, 15) is 0 Å². The largest absolute Gasteiger partial charge is 0.332 e. The molecule has 0 aliphatic heterocycles. The lowest BCUT2D eigenvalue weighted by Crippen LogP contribution is -2.33. The first kappa shape index (κ1) is 8.39. The van der Waals surface area contributed by atoms with E-state index >= 15 is 0 Å². The van der Waals surface area contributed by atoms with Crippen LogP contribution in [-0.2, 0) is 0 Å². The van der Waals surface area contributed by atoms with E-state index in [0.717, 1.165) is 5.16 Å². The molecule has 0 bridgehead atoms. The fraction of sp³-hybridized carbons (Fsp3) is 1.00. The second-order valence-corrected chi connectivity index (χ2v) is 9.95. The van der Waals surface area contributed by atoms with Crippen molar-refractivity contribution in [2.75, 3.05) is 14.1 Å². The maximum atomic E-state index is 2.41. The molecule has 1 nitrogen and oxygen atoms in total. The van der Waals surface area contributed by atoms with E-state index in [1.54, 1.807) is 0 Å². The van der Waals surface area contributed by atoms with Gasteiger partial charge < -0.3 is 4.57 Å². The molecule has 0 radical (unpaired) electrons. The molecule has 0 spiro atoms. The minimum absolute atomic E-state index is 0.454. The second-order valence-electron chi connectivity index (χ2n) is 2.95. The number of hydrogen-bond donors (Lipinski definition) is 0. The number of rotatable bonds is 2. The van der Waals surface area contributed by atoms with E-state index < -0.39 is 8.96 Å². The van der Waals surface area contributed by atoms with Gasteiger partial charge >= 0.3 is 0 Å². The molecule has 0 saturated carbocycles. The Bertz CT molecular complexity index is 55.4. The second kappa shape index (κ2) is 3.43. The molecule has 0 saturated heterocycles. The van der Waals surface area contributed by atoms with Gasteiger partial charge in [-0.1, -0.05) is 18.6 Å². The lowest BCUT2D eigenvalue weighted by atomic mass is 10.9. The topological polar surface area (TPSA) is 3.24 Å². The monoisotopic (exact) mass is 147 g/mol. The van der Waals surface area contributed by atoms with Gasteiger partial charge in [-0.25, -0.2) is 0 Å². The van der Waals surface area contributed by atoms with Crippen molar-refractivity contribution in [3.05, 3.63) is 0 Å². The van der Waals surface area contributed by atoms with Crippen LogP contribution in [0.3, 0.4) is 0 Å². The van der Waals surface area contributed by atoms with Gasteiger partial charge in [0.1, 0.15) is 8.96 Å². The molecule has 2 unspecified atom stereocenters. The summed E-state index contributed by atoms with van der Waals surface area (Å²) in [7, 11) is 5.32. The quantitative estimate of drug-likeness (QED) is 0.481. The fourth-order valence-electron chi connectivity index (χ4n) is 0.596. The van der Waals surface area contributed by atoms with E-state index in [4.69, 9.17) is 0 Å². The van der Waals surface area contributed by atoms with Crippen molar-refractivity contribution in [1.82, 2.24) is 4.57 Å². The Balaban J connectivity index is 3.46. The van der Waals surface area contributed by atoms with Crippen LogP contribution in [0.25, 0.3) is 0 Å². The van der Waals surface area contributed by atoms with Crippen LogP contribution >= 0.6 is 0 Å². The molecule has 0 aromatic rings. The summed E-state index contributed by atoms with van der Waals surface area (Å²) >= 11 is 0. The van der Waals surface area contributed by atoms with Gasteiger partial charge in [-0.15, -0.1) is 0 Å². The Morgan fingerprint density at radius 2 is 1.88 bits per heavy atom. The Morgan fingerprint density at radius 1 is 1.50 bits per heavy atom. The molecule has 8 heavy (non-hydrogen) atoms. The zero-order valence-electron chi connectivity index (χ0n) is 6.60. The molecule has 0 amide bonds. The first-order valence-corrected chi connectivity index (χ1v) is 6.71. The molecule has 0 aliphatic rings. The summed E-state index contributed by atoms with van der Waals surface area (Å²) in [6.45, 7) is 4.78. The summed E-state index contributed by atoms with van der Waals surface area (Å²) < 4.78 is 2.41. The average molecular weight is 147 g/mol. The first-order chi connectivity index (χ1) is 3.55. The van der Waals surface area contributed by atoms with Crippen molar-refractivity contribution in [2.24, 2.45) is 0 Å². The Hall–Kier alpha value is 0.394. The first-order valence-electron chi connectivity index (χ1n) is 3.22. The summed E-state index contributed by atoms with van der Waals surface area (Å²) in [5, 5.41) is 1.05. The number of hydrogen-bond acceptors (Lipinski definition) is 1. The molecule has 0 aliphatic carbocycles. The van der Waals surface area contributed by atoms with Crippen LogP contribution in [0.15, 0.2) is 0 Å². The Kier molecular flexibility index (Phi) is 3.59. The zero-order chi connectivity index (χ0) is 6.73. The van der Waals surface area contributed by atoms with Crippen LogP contribution < -0.4 is 0 Å². The predicted molar refractivity (Wildman–Crippen MR) is 46.1 cm³/mol. The highest BCUT2D eigenvalue weighted by Crippen LogP contribution is 2.03. The van der Waals surface area contributed by atoms with Gasteiger partial charge in [0.15, 0.2) is 0 Å². The van der Waals surface area contributed by atoms with E-state index in [2.05, 4.69) is 32.1 Å². The minimum atomic E-state index is -0.454. The molecule has 0 aromatic heterocycles. The van der Waals surface area contributed by atoms with Crippen LogP contribution in [0.5, 0.6) is 0 Å². The Labute approximate surface area is 57.2 Å². The Morgan fingerprint density at radius 3 is 1.88 bits per heavy atom. The lowest BCUT2D eigenvalue weighted by Gasteiger charge is -2.21. The zero-order valence-corrected chi connectivity index (χ0v) is 9.76. The van der Waals surface area contributed by atoms with Crippen molar-refractivity contribution in [1.29, 1.82) is 0 Å². The summed E-state index contributed by atoms with van der Waals surface area (Å²) in [5.41, 5.74) is 0. The third kappa shape index (κ3) is 2.64. The van der Waals surface area contributed by atoms with Crippen molar-refractivity contribution in [3.8, 4) is 0 Å². The van der Waals surface area contributed by atoms with Gasteiger partial charge in [-0.2, -0.15) is 0 Å². The molecule has 3 heteroatoms. The molecule has 0 N–H and O–H groups in total. The maximum Gasteiger partial charge on any atom is 0.107 e. The van der Waals surface area contributed by atoms with E-state index in [-0.39, 0.29) is 0 Å². The van der Waals surface area contributed by atoms with Crippen LogP contribution in [0.1, 0.15) is 6.92 Å². The predicted octanol–water partition coefficient (Wildman–Crippen LogP) is -0.385. The van der Waals surface area contributed by atoms with Crippen molar-refractivity contribution < 1.29 is 0 Å². The summed E-state index contributed by atoms with van der Waals surface area (Å²) in [5.74, 6) is 0. The van der Waals surface area contributed by atoms with E-state index in [1.165, 1.54) is 10.2 Å². The molecule has 0 aromatic carbocycles. The molecule has 0 heterocycles. The van der Waals surface area contributed by atoms with Gasteiger partial charge in [0, 0.05) is 10.2 Å². The highest BCUT2D eigenvalue weighted by molar-refractivity contribution is 6.63. The molecule has 50 valence electrons. The van der Waals surface area contributed by atoms with Gasteiger partial charge in [-0.05, 0) is 14.1 Å². The fourth-order valence-corrected chi connectivity index (χ4v) is 3.58. The van der Waals surface area contributed by atoms with Gasteiger partial charge in [0.2, 0.25) is 0 Å². The lowest BCUT2D eigenvalue weighted by molar-refractivity contribution is 0.637. The number of nitrogens with zero attached hydrogens (tertiary/aromatic N) is 1. The van der Waals surface area contributed by atoms with Crippen molar-refractivity contribution in [3.63, 3.8) is 0 Å². The van der Waals surface area contributed by atoms with Gasteiger partial charge in [0.25, 0.3) is 0 Å². The van der Waals surface area contributed by atoms with Crippen molar-refractivity contribution in [2.45, 2.75) is 18.6 Å². The summed E-state index contributed by atoms with van der Waals surface area (Å²) in [4.78, 5) is 0. The van der Waals surface area contributed by atoms with Crippen LogP contribution in [0.2, 0.25) is 11.7 Å². The molecular weight excluding hydrogens is 130 g/mol. The maximum absolute atomic E-state index is 2.41. The van der Waals surface area contributed by atoms with E-state index in [1.807, 2.05) is 0 Å². The molecule has 0 fully saturated rings. The summed E-state index contributed by atoms with van der Waals surface area (Å²) in [6, 6.07) is 0. The van der Waals surface area contributed by atoms with Crippen LogP contribution in [0.4, 0.5) is 0 Å².